The third-order valence-corrected chi connectivity index (χ3v) is 8.44. The molecule has 0 aliphatic rings. The van der Waals surface area contributed by atoms with Crippen molar-refractivity contribution >= 4 is 19.8 Å². The Morgan fingerprint density at radius 1 is 0.612 bits per heavy atom. The average Bonchev–Trinajstić information content (AvgIpc) is 3.09. The number of hydrogen-bond acceptors (Lipinski definition) is 9. The number of aliphatic hydroxyl groups is 2. The van der Waals surface area contributed by atoms with Crippen LogP contribution in [0.1, 0.15) is 142 Å². The molecular weight excluding hydrogens is 647 g/mol. The Balaban J connectivity index is 4.45. The Kier molecular flexibility index (Phi) is 32.9. The molecule has 11 heteroatoms. The van der Waals surface area contributed by atoms with E-state index in [4.69, 9.17) is 19.1 Å². The van der Waals surface area contributed by atoms with Crippen molar-refractivity contribution in [3.63, 3.8) is 0 Å². The Hall–Kier alpha value is -2.07. The number of allylic oxidation sites excluding steroid dienone is 8. The number of carbonyl (C=O) groups is 2. The van der Waals surface area contributed by atoms with Gasteiger partial charge in [0.25, 0.3) is 0 Å². The van der Waals surface area contributed by atoms with E-state index in [1.807, 2.05) is 6.08 Å². The molecule has 0 bridgehead atoms. The number of carbonyl (C=O) groups excluding carboxylic acids is 2. The van der Waals surface area contributed by atoms with Crippen molar-refractivity contribution in [2.24, 2.45) is 0 Å². The number of aliphatic hydroxyl groups excluding tert-OH is 2. The van der Waals surface area contributed by atoms with Gasteiger partial charge in [0.05, 0.1) is 19.8 Å². The number of phosphoric ester groups is 1. The van der Waals surface area contributed by atoms with Gasteiger partial charge in [0, 0.05) is 12.8 Å². The van der Waals surface area contributed by atoms with E-state index in [9.17, 15) is 24.2 Å². The molecule has 49 heavy (non-hydrogen) atoms. The minimum atomic E-state index is -4.62. The molecule has 3 atom stereocenters. The molecule has 0 rings (SSSR count). The zero-order valence-corrected chi connectivity index (χ0v) is 31.3. The lowest BCUT2D eigenvalue weighted by Gasteiger charge is -2.20. The molecule has 0 aliphatic heterocycles. The van der Waals surface area contributed by atoms with Crippen molar-refractivity contribution in [1.29, 1.82) is 0 Å². The summed E-state index contributed by atoms with van der Waals surface area (Å²) in [6.45, 7) is 2.23. The van der Waals surface area contributed by atoms with E-state index >= 15 is 0 Å². The SMILES string of the molecule is CCCCC/C=C\C/C=C\C/C=C\C/C=C\CCCC(=O)OC[C@H](COP(=O)(O)OC[C@@H](O)CO)OC(=O)CCCCCCCCCCC. The van der Waals surface area contributed by atoms with Gasteiger partial charge in [-0.1, -0.05) is 127 Å². The maximum Gasteiger partial charge on any atom is 0.472 e. The molecule has 0 saturated heterocycles. The first kappa shape index (κ1) is 46.9. The number of hydrogen-bond donors (Lipinski definition) is 3. The molecule has 0 fully saturated rings. The summed E-state index contributed by atoms with van der Waals surface area (Å²) in [5.74, 6) is -0.997. The summed E-state index contributed by atoms with van der Waals surface area (Å²) in [6.07, 6.45) is 33.8. The summed E-state index contributed by atoms with van der Waals surface area (Å²) < 4.78 is 32.4. The van der Waals surface area contributed by atoms with E-state index in [1.54, 1.807) is 0 Å². The maximum absolute atomic E-state index is 12.5. The molecule has 0 saturated carbocycles. The van der Waals surface area contributed by atoms with Gasteiger partial charge in [-0.2, -0.15) is 0 Å². The number of unbranched alkanes of at least 4 members (excludes halogenated alkanes) is 12. The largest absolute Gasteiger partial charge is 0.472 e. The molecule has 0 spiro atoms. The number of rotatable bonds is 34. The number of esters is 2. The Bertz CT molecular complexity index is 962. The highest BCUT2D eigenvalue weighted by Crippen LogP contribution is 2.43. The van der Waals surface area contributed by atoms with Gasteiger partial charge in [0.1, 0.15) is 12.7 Å². The molecule has 10 nitrogen and oxygen atoms in total. The molecular formula is C38H67O10P. The van der Waals surface area contributed by atoms with Crippen molar-refractivity contribution in [3.05, 3.63) is 48.6 Å². The van der Waals surface area contributed by atoms with Crippen LogP contribution in [0.15, 0.2) is 48.6 Å². The van der Waals surface area contributed by atoms with E-state index in [0.717, 1.165) is 44.9 Å². The number of ether oxygens (including phenoxy) is 2. The highest BCUT2D eigenvalue weighted by Gasteiger charge is 2.27. The summed E-state index contributed by atoms with van der Waals surface area (Å²) in [5, 5.41) is 18.2. The van der Waals surface area contributed by atoms with Crippen LogP contribution in [-0.2, 0) is 32.7 Å². The molecule has 0 aromatic rings. The molecule has 0 aliphatic carbocycles. The summed E-state index contributed by atoms with van der Waals surface area (Å²) in [5.41, 5.74) is 0. The summed E-state index contributed by atoms with van der Waals surface area (Å²) in [4.78, 5) is 34.7. The lowest BCUT2D eigenvalue weighted by molar-refractivity contribution is -0.161. The van der Waals surface area contributed by atoms with Crippen LogP contribution in [0.5, 0.6) is 0 Å². The summed E-state index contributed by atoms with van der Waals surface area (Å²) in [7, 11) is -4.62. The van der Waals surface area contributed by atoms with Crippen LogP contribution in [0.4, 0.5) is 0 Å². The van der Waals surface area contributed by atoms with Gasteiger partial charge in [-0.05, 0) is 51.4 Å². The minimum absolute atomic E-state index is 0.165. The second-order valence-electron chi connectivity index (χ2n) is 12.3. The zero-order chi connectivity index (χ0) is 36.3. The third kappa shape index (κ3) is 34.2. The molecule has 3 N–H and O–H groups in total. The predicted molar refractivity (Wildman–Crippen MR) is 196 cm³/mol. The summed E-state index contributed by atoms with van der Waals surface area (Å²) in [6, 6.07) is 0. The van der Waals surface area contributed by atoms with E-state index in [0.29, 0.717) is 19.3 Å². The first-order valence-corrected chi connectivity index (χ1v) is 20.1. The van der Waals surface area contributed by atoms with Gasteiger partial charge in [0.2, 0.25) is 0 Å². The lowest BCUT2D eigenvalue weighted by atomic mass is 10.1. The van der Waals surface area contributed by atoms with Crippen molar-refractivity contribution < 1.29 is 47.8 Å². The molecule has 0 aromatic heterocycles. The molecule has 0 radical (unpaired) electrons. The fourth-order valence-corrected chi connectivity index (χ4v) is 5.36. The quantitative estimate of drug-likeness (QED) is 0.0255. The van der Waals surface area contributed by atoms with E-state index < -0.39 is 51.8 Å². The predicted octanol–water partition coefficient (Wildman–Crippen LogP) is 8.99. The van der Waals surface area contributed by atoms with E-state index in [2.05, 4.69) is 60.9 Å². The minimum Gasteiger partial charge on any atom is -0.462 e. The fourth-order valence-electron chi connectivity index (χ4n) is 4.57. The second kappa shape index (κ2) is 34.4. The first-order chi connectivity index (χ1) is 23.7. The van der Waals surface area contributed by atoms with Crippen LogP contribution < -0.4 is 0 Å². The average molecular weight is 715 g/mol. The normalized spacial score (nSPS) is 14.6. The van der Waals surface area contributed by atoms with Crippen LogP contribution in [0.25, 0.3) is 0 Å². The first-order valence-electron chi connectivity index (χ1n) is 18.6. The summed E-state index contributed by atoms with van der Waals surface area (Å²) >= 11 is 0. The van der Waals surface area contributed by atoms with Crippen LogP contribution in [0.3, 0.4) is 0 Å². The molecule has 0 amide bonds. The van der Waals surface area contributed by atoms with Gasteiger partial charge in [-0.15, -0.1) is 0 Å². The van der Waals surface area contributed by atoms with Crippen LogP contribution in [0.2, 0.25) is 0 Å². The van der Waals surface area contributed by atoms with Gasteiger partial charge in [-0.25, -0.2) is 4.57 Å². The van der Waals surface area contributed by atoms with E-state index in [1.165, 1.54) is 51.4 Å². The highest BCUT2D eigenvalue weighted by atomic mass is 31.2. The highest BCUT2D eigenvalue weighted by molar-refractivity contribution is 7.47. The van der Waals surface area contributed by atoms with Crippen LogP contribution in [0, 0.1) is 0 Å². The monoisotopic (exact) mass is 714 g/mol. The molecule has 1 unspecified atom stereocenters. The van der Waals surface area contributed by atoms with Crippen LogP contribution in [-0.4, -0.2) is 65.7 Å². The lowest BCUT2D eigenvalue weighted by Crippen LogP contribution is -2.29. The van der Waals surface area contributed by atoms with Gasteiger partial charge >= 0.3 is 19.8 Å². The molecule has 0 aromatic carbocycles. The Morgan fingerprint density at radius 2 is 1.08 bits per heavy atom. The van der Waals surface area contributed by atoms with Crippen molar-refractivity contribution in [2.75, 3.05) is 26.4 Å². The molecule has 284 valence electrons. The number of phosphoric acid groups is 1. The van der Waals surface area contributed by atoms with Gasteiger partial charge in [-0.3, -0.25) is 18.6 Å². The second-order valence-corrected chi connectivity index (χ2v) is 13.7. The topological polar surface area (TPSA) is 149 Å². The molecule has 0 heterocycles. The zero-order valence-electron chi connectivity index (χ0n) is 30.4. The van der Waals surface area contributed by atoms with Gasteiger partial charge < -0.3 is 24.6 Å². The van der Waals surface area contributed by atoms with Crippen LogP contribution >= 0.6 is 7.82 Å². The smallest absolute Gasteiger partial charge is 0.462 e. The van der Waals surface area contributed by atoms with E-state index in [-0.39, 0.29) is 19.4 Å². The maximum atomic E-state index is 12.5. The van der Waals surface area contributed by atoms with Crippen molar-refractivity contribution in [1.82, 2.24) is 0 Å². The van der Waals surface area contributed by atoms with Crippen molar-refractivity contribution in [3.8, 4) is 0 Å². The fraction of sp³-hybridized carbons (Fsp3) is 0.737. The Morgan fingerprint density at radius 3 is 1.65 bits per heavy atom. The standard InChI is InChI=1S/C38H67O10P/c1-3-5-7-9-11-13-14-15-16-17-18-19-20-22-23-25-27-29-37(41)45-33-36(34-47-49(43,44)46-32-35(40)31-39)48-38(42)30-28-26-24-21-12-10-8-6-4-2/h11,13,15-16,18-19,22-23,35-36,39-40H,3-10,12,14,17,20-21,24-34H2,1-2H3,(H,43,44)/b13-11-,16-15-,19-18-,23-22-/t35-,36+/m0/s1. The van der Waals surface area contributed by atoms with Gasteiger partial charge in [0.15, 0.2) is 6.10 Å². The third-order valence-electron chi connectivity index (χ3n) is 7.49. The van der Waals surface area contributed by atoms with Crippen molar-refractivity contribution in [2.45, 2.75) is 154 Å². The Labute approximate surface area is 296 Å².